The van der Waals surface area contributed by atoms with Crippen molar-refractivity contribution in [2.75, 3.05) is 25.1 Å². The van der Waals surface area contributed by atoms with Crippen molar-refractivity contribution in [3.8, 4) is 11.5 Å². The van der Waals surface area contributed by atoms with Crippen LogP contribution in [0.4, 0.5) is 32.0 Å². The minimum absolute atomic E-state index is 0.0990. The Balaban J connectivity index is 1.97. The van der Waals surface area contributed by atoms with E-state index in [2.05, 4.69) is 0 Å². The first-order chi connectivity index (χ1) is 16.3. The van der Waals surface area contributed by atoms with Crippen LogP contribution in [0.5, 0.6) is 11.5 Å². The summed E-state index contributed by atoms with van der Waals surface area (Å²) in [5, 5.41) is 9.82. The molecule has 0 amide bonds. The number of rotatable bonds is 7. The lowest BCUT2D eigenvalue weighted by Crippen LogP contribution is -2.54. The van der Waals surface area contributed by atoms with Gasteiger partial charge in [0.05, 0.1) is 13.7 Å². The first-order valence-electron chi connectivity index (χ1n) is 10.8. The van der Waals surface area contributed by atoms with Crippen LogP contribution in [0.15, 0.2) is 42.5 Å². The molecule has 2 atom stereocenters. The number of nitrogens with zero attached hydrogens (tertiary/aromatic N) is 1. The van der Waals surface area contributed by atoms with Crippen LogP contribution in [0.1, 0.15) is 24.5 Å². The van der Waals surface area contributed by atoms with Crippen LogP contribution in [0.2, 0.25) is 0 Å². The number of halogens is 6. The summed E-state index contributed by atoms with van der Waals surface area (Å²) in [6.07, 6.45) is -11.3. The molecule has 1 N–H and O–H groups in total. The Labute approximate surface area is 198 Å². The highest BCUT2D eigenvalue weighted by Crippen LogP contribution is 2.50. The Kier molecular flexibility index (Phi) is 7.59. The number of fused-ring (bicyclic) bond motifs is 1. The zero-order valence-corrected chi connectivity index (χ0v) is 19.0. The van der Waals surface area contributed by atoms with Crippen molar-refractivity contribution in [1.29, 1.82) is 0 Å². The summed E-state index contributed by atoms with van der Waals surface area (Å²) in [5.74, 6) is 0.667. The van der Waals surface area contributed by atoms with Crippen LogP contribution in [-0.4, -0.2) is 50.0 Å². The van der Waals surface area contributed by atoms with Crippen molar-refractivity contribution in [1.82, 2.24) is 0 Å². The van der Waals surface area contributed by atoms with Gasteiger partial charge < -0.3 is 24.3 Å². The van der Waals surface area contributed by atoms with Gasteiger partial charge in [0, 0.05) is 23.7 Å². The van der Waals surface area contributed by atoms with Crippen LogP contribution in [-0.2, 0) is 16.8 Å². The van der Waals surface area contributed by atoms with Gasteiger partial charge in [-0.3, -0.25) is 0 Å². The SMILES string of the molecule is COc1ccc(OC2CCc3cc(C(O)(C(F)(F)F)C(F)(F)F)ccc3N(CC(C)C=O)C2)cc1. The van der Waals surface area contributed by atoms with Gasteiger partial charge in [0.15, 0.2) is 0 Å². The summed E-state index contributed by atoms with van der Waals surface area (Å²) in [6.45, 7) is 2.08. The molecule has 1 aliphatic heterocycles. The lowest BCUT2D eigenvalue weighted by Gasteiger charge is -2.34. The number of hydrogen-bond acceptors (Lipinski definition) is 5. The fraction of sp³-hybridized carbons (Fsp3) is 0.458. The number of alkyl halides is 6. The van der Waals surface area contributed by atoms with E-state index >= 15 is 0 Å². The van der Waals surface area contributed by atoms with Crippen LogP contribution < -0.4 is 14.4 Å². The molecule has 0 aliphatic carbocycles. The normalized spacial score (nSPS) is 17.9. The Morgan fingerprint density at radius 1 is 1.06 bits per heavy atom. The van der Waals surface area contributed by atoms with Crippen molar-refractivity contribution < 1.29 is 45.7 Å². The van der Waals surface area contributed by atoms with E-state index in [-0.39, 0.29) is 31.5 Å². The summed E-state index contributed by atoms with van der Waals surface area (Å²) < 4.78 is 91.5. The van der Waals surface area contributed by atoms with E-state index in [9.17, 15) is 36.2 Å². The van der Waals surface area contributed by atoms with Gasteiger partial charge in [0.2, 0.25) is 0 Å². The van der Waals surface area contributed by atoms with Crippen LogP contribution in [0, 0.1) is 5.92 Å². The predicted molar refractivity (Wildman–Crippen MR) is 116 cm³/mol. The Morgan fingerprint density at radius 2 is 1.66 bits per heavy atom. The Morgan fingerprint density at radius 3 is 2.20 bits per heavy atom. The van der Waals surface area contributed by atoms with Gasteiger partial charge in [0.1, 0.15) is 23.9 Å². The van der Waals surface area contributed by atoms with Gasteiger partial charge in [-0.2, -0.15) is 26.3 Å². The zero-order valence-electron chi connectivity index (χ0n) is 19.0. The number of carbonyl (C=O) groups excluding carboxylic acids is 1. The maximum absolute atomic E-state index is 13.4. The molecule has 0 spiro atoms. The molecular formula is C24H25F6NO4. The maximum atomic E-state index is 13.4. The van der Waals surface area contributed by atoms with E-state index in [4.69, 9.17) is 9.47 Å². The monoisotopic (exact) mass is 505 g/mol. The summed E-state index contributed by atoms with van der Waals surface area (Å²) in [7, 11) is 1.51. The minimum atomic E-state index is -5.98. The molecule has 2 aromatic rings. The van der Waals surface area contributed by atoms with Gasteiger partial charge >= 0.3 is 12.4 Å². The average Bonchev–Trinajstić information content (AvgIpc) is 2.96. The Hall–Kier alpha value is -2.95. The number of carbonyl (C=O) groups is 1. The highest BCUT2D eigenvalue weighted by molar-refractivity contribution is 5.60. The smallest absolute Gasteiger partial charge is 0.430 e. The average molecular weight is 505 g/mol. The van der Waals surface area contributed by atoms with Crippen LogP contribution in [0.25, 0.3) is 0 Å². The van der Waals surface area contributed by atoms with Crippen molar-refractivity contribution in [2.24, 2.45) is 5.92 Å². The van der Waals surface area contributed by atoms with Gasteiger partial charge in [-0.15, -0.1) is 0 Å². The summed E-state index contributed by atoms with van der Waals surface area (Å²) in [6, 6.07) is 9.23. The second-order valence-corrected chi connectivity index (χ2v) is 8.52. The van der Waals surface area contributed by atoms with Crippen LogP contribution >= 0.6 is 0 Å². The quantitative estimate of drug-likeness (QED) is 0.422. The third kappa shape index (κ3) is 5.50. The molecular weight excluding hydrogens is 480 g/mol. The lowest BCUT2D eigenvalue weighted by molar-refractivity contribution is -0.376. The largest absolute Gasteiger partial charge is 0.497 e. The van der Waals surface area contributed by atoms with Gasteiger partial charge in [-0.05, 0) is 48.7 Å². The van der Waals surface area contributed by atoms with Gasteiger partial charge in [0.25, 0.3) is 5.60 Å². The molecule has 0 saturated heterocycles. The topological polar surface area (TPSA) is 59.0 Å². The predicted octanol–water partition coefficient (Wildman–Crippen LogP) is 5.04. The number of aryl methyl sites for hydroxylation is 1. The molecule has 1 aliphatic rings. The summed E-state index contributed by atoms with van der Waals surface area (Å²) in [5.41, 5.74) is -5.75. The van der Waals surface area contributed by atoms with E-state index < -0.39 is 35.5 Å². The second-order valence-electron chi connectivity index (χ2n) is 8.52. The second kappa shape index (κ2) is 9.96. The third-order valence-corrected chi connectivity index (χ3v) is 5.92. The van der Waals surface area contributed by atoms with Crippen molar-refractivity contribution in [3.63, 3.8) is 0 Å². The number of aldehydes is 1. The zero-order chi connectivity index (χ0) is 26.0. The molecule has 2 aromatic carbocycles. The number of anilines is 1. The summed E-state index contributed by atoms with van der Waals surface area (Å²) in [4.78, 5) is 13.0. The molecule has 0 fully saturated rings. The van der Waals surface area contributed by atoms with E-state index in [1.807, 2.05) is 0 Å². The molecule has 3 rings (SSSR count). The number of benzene rings is 2. The number of aliphatic hydroxyl groups is 1. The Bertz CT molecular complexity index is 1010. The van der Waals surface area contributed by atoms with Crippen molar-refractivity contribution in [3.05, 3.63) is 53.6 Å². The molecule has 0 aromatic heterocycles. The standard InChI is InChI=1S/C24H25F6NO4/c1-15(14-32)12-31-13-20(35-19-8-6-18(34-2)7-9-19)5-3-16-11-17(4-10-21(16)31)22(33,23(25,26)27)24(28,29)30/h4,6-11,14-15,20,33H,3,5,12-13H2,1-2H3. The molecule has 0 bridgehead atoms. The minimum Gasteiger partial charge on any atom is -0.497 e. The van der Waals surface area contributed by atoms with Gasteiger partial charge in [-0.25, -0.2) is 0 Å². The molecule has 35 heavy (non-hydrogen) atoms. The fourth-order valence-electron chi connectivity index (χ4n) is 4.07. The molecule has 0 radical (unpaired) electrons. The molecule has 2 unspecified atom stereocenters. The first kappa shape index (κ1) is 26.7. The van der Waals surface area contributed by atoms with E-state index in [0.717, 1.165) is 12.1 Å². The number of methoxy groups -OCH3 is 1. The van der Waals surface area contributed by atoms with Gasteiger partial charge in [-0.1, -0.05) is 19.1 Å². The highest BCUT2D eigenvalue weighted by Gasteiger charge is 2.71. The molecule has 0 saturated carbocycles. The lowest BCUT2D eigenvalue weighted by atomic mass is 9.89. The van der Waals surface area contributed by atoms with E-state index in [1.54, 1.807) is 36.1 Å². The van der Waals surface area contributed by atoms with E-state index in [0.29, 0.717) is 29.5 Å². The van der Waals surface area contributed by atoms with Crippen molar-refractivity contribution in [2.45, 2.75) is 43.8 Å². The van der Waals surface area contributed by atoms with E-state index in [1.165, 1.54) is 7.11 Å². The number of ether oxygens (including phenoxy) is 2. The maximum Gasteiger partial charge on any atom is 0.430 e. The van der Waals surface area contributed by atoms with Crippen LogP contribution in [0.3, 0.4) is 0 Å². The van der Waals surface area contributed by atoms with Crippen molar-refractivity contribution >= 4 is 12.0 Å². The third-order valence-electron chi connectivity index (χ3n) is 5.92. The summed E-state index contributed by atoms with van der Waals surface area (Å²) >= 11 is 0. The molecule has 192 valence electrons. The molecule has 5 nitrogen and oxygen atoms in total. The first-order valence-corrected chi connectivity index (χ1v) is 10.8. The number of hydrogen-bond donors (Lipinski definition) is 1. The molecule has 11 heteroatoms. The fourth-order valence-corrected chi connectivity index (χ4v) is 4.07. The molecule has 1 heterocycles. The highest BCUT2D eigenvalue weighted by atomic mass is 19.4.